The molecule has 1 heterocycles. The van der Waals surface area contributed by atoms with Crippen LogP contribution in [0.15, 0.2) is 72.1 Å². The summed E-state index contributed by atoms with van der Waals surface area (Å²) in [5.74, 6) is 0.733. The first-order valence-electron chi connectivity index (χ1n) is 9.18. The number of carbonyl (C=O) groups is 1. The van der Waals surface area contributed by atoms with E-state index < -0.39 is 0 Å². The molecule has 0 saturated carbocycles. The molecule has 4 aromatic rings. The van der Waals surface area contributed by atoms with E-state index in [1.807, 2.05) is 73.0 Å². The van der Waals surface area contributed by atoms with Gasteiger partial charge in [-0.2, -0.15) is 0 Å². The van der Waals surface area contributed by atoms with Crippen molar-refractivity contribution >= 4 is 33.7 Å². The summed E-state index contributed by atoms with van der Waals surface area (Å²) in [6.45, 7) is 2.56. The van der Waals surface area contributed by atoms with Gasteiger partial charge in [-0.05, 0) is 42.0 Å². The van der Waals surface area contributed by atoms with E-state index in [-0.39, 0.29) is 12.3 Å². The van der Waals surface area contributed by atoms with Crippen LogP contribution in [0.5, 0.6) is 5.75 Å². The quantitative estimate of drug-likeness (QED) is 0.472. The average molecular weight is 388 g/mol. The third-order valence-corrected chi connectivity index (χ3v) is 5.27. The van der Waals surface area contributed by atoms with Gasteiger partial charge < -0.3 is 10.1 Å². The van der Waals surface area contributed by atoms with E-state index in [9.17, 15) is 4.79 Å². The molecule has 1 N–H and O–H groups in total. The molecule has 0 aliphatic carbocycles. The zero-order chi connectivity index (χ0) is 19.3. The summed E-state index contributed by atoms with van der Waals surface area (Å²) in [6, 6.07) is 21.8. The van der Waals surface area contributed by atoms with Crippen LogP contribution in [0.1, 0.15) is 12.6 Å². The molecule has 0 fully saturated rings. The number of carbonyl (C=O) groups excluding carboxylic acids is 1. The highest BCUT2D eigenvalue weighted by Gasteiger charge is 2.12. The number of amides is 1. The Labute approximate surface area is 167 Å². The lowest BCUT2D eigenvalue weighted by atomic mass is 10.1. The summed E-state index contributed by atoms with van der Waals surface area (Å²) in [5.41, 5.74) is 2.50. The molecule has 1 amide bonds. The fourth-order valence-corrected chi connectivity index (χ4v) is 3.92. The largest absolute Gasteiger partial charge is 0.493 e. The zero-order valence-electron chi connectivity index (χ0n) is 15.5. The van der Waals surface area contributed by atoms with Crippen molar-refractivity contribution < 1.29 is 9.53 Å². The fourth-order valence-electron chi connectivity index (χ4n) is 3.07. The van der Waals surface area contributed by atoms with E-state index in [2.05, 4.69) is 16.4 Å². The summed E-state index contributed by atoms with van der Waals surface area (Å²) in [6.07, 6.45) is 0.236. The molecule has 4 rings (SSSR count). The van der Waals surface area contributed by atoms with Crippen LogP contribution < -0.4 is 10.1 Å². The van der Waals surface area contributed by atoms with Crippen LogP contribution >= 0.6 is 11.3 Å². The van der Waals surface area contributed by atoms with Crippen molar-refractivity contribution in [1.29, 1.82) is 0 Å². The molecule has 0 saturated heterocycles. The molecular formula is C23H20N2O2S. The molecule has 0 radical (unpaired) electrons. The zero-order valence-corrected chi connectivity index (χ0v) is 16.3. The molecule has 0 aliphatic heterocycles. The van der Waals surface area contributed by atoms with Gasteiger partial charge in [0, 0.05) is 11.1 Å². The summed E-state index contributed by atoms with van der Waals surface area (Å²) in [5, 5.41) is 8.00. The van der Waals surface area contributed by atoms with Crippen LogP contribution in [0.2, 0.25) is 0 Å². The number of thiazole rings is 1. The van der Waals surface area contributed by atoms with E-state index in [1.54, 1.807) is 0 Å². The van der Waals surface area contributed by atoms with Gasteiger partial charge in [-0.1, -0.05) is 42.5 Å². The van der Waals surface area contributed by atoms with Crippen molar-refractivity contribution in [3.05, 3.63) is 77.8 Å². The maximum absolute atomic E-state index is 12.5. The van der Waals surface area contributed by atoms with Crippen LogP contribution in [0.4, 0.5) is 5.69 Å². The lowest BCUT2D eigenvalue weighted by Crippen LogP contribution is -2.14. The van der Waals surface area contributed by atoms with Crippen molar-refractivity contribution in [3.8, 4) is 16.3 Å². The highest BCUT2D eigenvalue weighted by atomic mass is 32.1. The van der Waals surface area contributed by atoms with Crippen molar-refractivity contribution in [2.75, 3.05) is 11.9 Å². The molecule has 4 nitrogen and oxygen atoms in total. The van der Waals surface area contributed by atoms with Gasteiger partial charge >= 0.3 is 0 Å². The Morgan fingerprint density at radius 1 is 1.04 bits per heavy atom. The molecule has 0 atom stereocenters. The smallest absolute Gasteiger partial charge is 0.230 e. The minimum absolute atomic E-state index is 0.0785. The monoisotopic (exact) mass is 388 g/mol. The Morgan fingerprint density at radius 2 is 1.82 bits per heavy atom. The van der Waals surface area contributed by atoms with Crippen molar-refractivity contribution in [3.63, 3.8) is 0 Å². The maximum Gasteiger partial charge on any atom is 0.230 e. The van der Waals surface area contributed by atoms with Crippen molar-refractivity contribution in [2.45, 2.75) is 13.3 Å². The Bertz CT molecular complexity index is 1120. The molecule has 0 unspecified atom stereocenters. The minimum Gasteiger partial charge on any atom is -0.493 e. The lowest BCUT2D eigenvalue weighted by Gasteiger charge is -2.07. The first-order chi connectivity index (χ1) is 13.7. The van der Waals surface area contributed by atoms with Crippen LogP contribution in [-0.2, 0) is 11.2 Å². The molecular weight excluding hydrogens is 368 g/mol. The Hall–Kier alpha value is -3.18. The number of benzene rings is 3. The number of hydrogen-bond donors (Lipinski definition) is 1. The SMILES string of the molecule is CCOc1ccccc1-c1nc(CC(=O)Nc2ccc3ccccc3c2)cs1. The van der Waals surface area contributed by atoms with E-state index in [1.165, 1.54) is 11.3 Å². The van der Waals surface area contributed by atoms with Gasteiger partial charge in [0.15, 0.2) is 0 Å². The standard InChI is InChI=1S/C23H20N2O2S/c1-2-27-21-10-6-5-9-20(21)23-25-19(15-28-23)14-22(26)24-18-12-11-16-7-3-4-8-17(16)13-18/h3-13,15H,2,14H2,1H3,(H,24,26). The van der Waals surface area contributed by atoms with Gasteiger partial charge in [-0.3, -0.25) is 4.79 Å². The summed E-state index contributed by atoms with van der Waals surface area (Å²) in [4.78, 5) is 17.1. The molecule has 0 aliphatic rings. The van der Waals surface area contributed by atoms with Gasteiger partial charge in [-0.25, -0.2) is 4.98 Å². The van der Waals surface area contributed by atoms with Gasteiger partial charge in [0.1, 0.15) is 10.8 Å². The molecule has 0 bridgehead atoms. The molecule has 1 aromatic heterocycles. The van der Waals surface area contributed by atoms with Gasteiger partial charge in [-0.15, -0.1) is 11.3 Å². The Kier molecular flexibility index (Phi) is 5.35. The molecule has 0 spiro atoms. The highest BCUT2D eigenvalue weighted by molar-refractivity contribution is 7.13. The molecule has 140 valence electrons. The van der Waals surface area contributed by atoms with Crippen LogP contribution in [0.3, 0.4) is 0 Å². The third-order valence-electron chi connectivity index (χ3n) is 4.34. The Balaban J connectivity index is 1.47. The third kappa shape index (κ3) is 4.05. The van der Waals surface area contributed by atoms with Gasteiger partial charge in [0.25, 0.3) is 0 Å². The number of nitrogens with zero attached hydrogens (tertiary/aromatic N) is 1. The van der Waals surface area contributed by atoms with E-state index in [4.69, 9.17) is 4.74 Å². The molecule has 5 heteroatoms. The van der Waals surface area contributed by atoms with Crippen LogP contribution in [0, 0.1) is 0 Å². The van der Waals surface area contributed by atoms with Crippen molar-refractivity contribution in [1.82, 2.24) is 4.98 Å². The van der Waals surface area contributed by atoms with Gasteiger partial charge in [0.05, 0.1) is 24.3 Å². The predicted octanol–water partition coefficient (Wildman–Crippen LogP) is 5.54. The van der Waals surface area contributed by atoms with E-state index >= 15 is 0 Å². The summed E-state index contributed by atoms with van der Waals surface area (Å²) < 4.78 is 5.68. The maximum atomic E-state index is 12.5. The van der Waals surface area contributed by atoms with Crippen molar-refractivity contribution in [2.24, 2.45) is 0 Å². The van der Waals surface area contributed by atoms with Crippen LogP contribution in [-0.4, -0.2) is 17.5 Å². The second-order valence-corrected chi connectivity index (χ2v) is 7.22. The predicted molar refractivity (Wildman–Crippen MR) is 115 cm³/mol. The number of aromatic nitrogens is 1. The molecule has 28 heavy (non-hydrogen) atoms. The number of para-hydroxylation sites is 1. The topological polar surface area (TPSA) is 51.2 Å². The van der Waals surface area contributed by atoms with Crippen LogP contribution in [0.25, 0.3) is 21.3 Å². The fraction of sp³-hybridized carbons (Fsp3) is 0.130. The second-order valence-electron chi connectivity index (χ2n) is 6.36. The Morgan fingerprint density at radius 3 is 2.68 bits per heavy atom. The first-order valence-corrected chi connectivity index (χ1v) is 10.1. The normalized spacial score (nSPS) is 10.8. The number of rotatable bonds is 6. The number of anilines is 1. The summed E-state index contributed by atoms with van der Waals surface area (Å²) >= 11 is 1.52. The van der Waals surface area contributed by atoms with E-state index in [0.717, 1.165) is 38.5 Å². The number of fused-ring (bicyclic) bond motifs is 1. The van der Waals surface area contributed by atoms with E-state index in [0.29, 0.717) is 6.61 Å². The molecule has 3 aromatic carbocycles. The highest BCUT2D eigenvalue weighted by Crippen LogP contribution is 2.32. The minimum atomic E-state index is -0.0785. The second kappa shape index (κ2) is 8.23. The average Bonchev–Trinajstić information content (AvgIpc) is 3.16. The van der Waals surface area contributed by atoms with Gasteiger partial charge in [0.2, 0.25) is 5.91 Å². The summed E-state index contributed by atoms with van der Waals surface area (Å²) in [7, 11) is 0. The number of nitrogens with one attached hydrogen (secondary N) is 1. The lowest BCUT2D eigenvalue weighted by molar-refractivity contribution is -0.115. The number of ether oxygens (including phenoxy) is 1. The number of hydrogen-bond acceptors (Lipinski definition) is 4. The first kappa shape index (κ1) is 18.2.